The van der Waals surface area contributed by atoms with E-state index in [4.69, 9.17) is 0 Å². The van der Waals surface area contributed by atoms with Gasteiger partial charge in [0.1, 0.15) is 0 Å². The van der Waals surface area contributed by atoms with Gasteiger partial charge >= 0.3 is 59.1 Å². The van der Waals surface area contributed by atoms with Gasteiger partial charge in [0.2, 0.25) is 0 Å². The van der Waals surface area contributed by atoms with E-state index in [9.17, 15) is 19.8 Å². The summed E-state index contributed by atoms with van der Waals surface area (Å²) >= 11 is 0. The summed E-state index contributed by atoms with van der Waals surface area (Å²) in [7, 11) is 0. The molecule has 1 aromatic carbocycles. The Bertz CT molecular complexity index is 344. The molecule has 1 rings (SSSR count). The fourth-order valence-corrected chi connectivity index (χ4v) is 1.02. The molecule has 0 aliphatic carbocycles. The van der Waals surface area contributed by atoms with E-state index in [0.717, 1.165) is 6.07 Å². The molecule has 0 saturated carbocycles. The SMILES string of the molecule is Cc1cc(C(=O)[O-])cc(C(=O)[O-])c1.[Na+].[Na+]. The Labute approximate surface area is 131 Å². The maximum atomic E-state index is 10.4. The molecular weight excluding hydrogens is 218 g/mol. The zero-order valence-corrected chi connectivity index (χ0v) is 12.9. The molecule has 0 aliphatic heterocycles. The van der Waals surface area contributed by atoms with Crippen LogP contribution in [0.1, 0.15) is 26.3 Å². The van der Waals surface area contributed by atoms with Gasteiger partial charge in [-0.25, -0.2) is 0 Å². The third kappa shape index (κ3) is 5.15. The summed E-state index contributed by atoms with van der Waals surface area (Å²) in [5.41, 5.74) is 0.235. The van der Waals surface area contributed by atoms with E-state index in [-0.39, 0.29) is 70.2 Å². The smallest absolute Gasteiger partial charge is 0.545 e. The van der Waals surface area contributed by atoms with E-state index in [1.54, 1.807) is 6.92 Å². The maximum Gasteiger partial charge on any atom is 1.00 e. The van der Waals surface area contributed by atoms with Gasteiger partial charge in [0.05, 0.1) is 11.9 Å². The molecule has 0 spiro atoms. The van der Waals surface area contributed by atoms with E-state index < -0.39 is 11.9 Å². The molecule has 0 unspecified atom stereocenters. The Kier molecular flexibility index (Phi) is 8.70. The van der Waals surface area contributed by atoms with Gasteiger partial charge in [0, 0.05) is 0 Å². The Morgan fingerprint density at radius 3 is 1.53 bits per heavy atom. The number of aryl methyl sites for hydroxylation is 1. The van der Waals surface area contributed by atoms with E-state index in [2.05, 4.69) is 0 Å². The number of benzene rings is 1. The minimum absolute atomic E-state index is 0. The molecule has 0 heterocycles. The van der Waals surface area contributed by atoms with Crippen LogP contribution < -0.4 is 69.3 Å². The van der Waals surface area contributed by atoms with Gasteiger partial charge in [-0.05, 0) is 29.7 Å². The second-order valence-electron chi connectivity index (χ2n) is 2.66. The Hall–Kier alpha value is 0.160. The normalized spacial score (nSPS) is 8.33. The Morgan fingerprint density at radius 1 is 0.933 bits per heavy atom. The molecule has 68 valence electrons. The molecule has 0 bridgehead atoms. The topological polar surface area (TPSA) is 80.3 Å². The predicted molar refractivity (Wildman–Crippen MR) is 39.8 cm³/mol. The number of hydrogen-bond acceptors (Lipinski definition) is 4. The molecule has 4 nitrogen and oxygen atoms in total. The molecule has 0 aliphatic rings. The zero-order valence-electron chi connectivity index (χ0n) is 8.87. The van der Waals surface area contributed by atoms with Crippen molar-refractivity contribution in [2.24, 2.45) is 0 Å². The molecule has 0 radical (unpaired) electrons. The fraction of sp³-hybridized carbons (Fsp3) is 0.111. The number of rotatable bonds is 2. The molecule has 0 amide bonds. The van der Waals surface area contributed by atoms with E-state index >= 15 is 0 Å². The van der Waals surface area contributed by atoms with Gasteiger partial charge in [0.25, 0.3) is 0 Å². The third-order valence-electron chi connectivity index (χ3n) is 1.55. The predicted octanol–water partition coefficient (Wildman–Crippen LogP) is -7.27. The average molecular weight is 224 g/mol. The van der Waals surface area contributed by atoms with Crippen molar-refractivity contribution in [1.29, 1.82) is 0 Å². The van der Waals surface area contributed by atoms with Gasteiger partial charge in [-0.1, -0.05) is 12.1 Å². The fourth-order valence-electron chi connectivity index (χ4n) is 1.02. The number of carboxylic acids is 2. The van der Waals surface area contributed by atoms with Gasteiger partial charge < -0.3 is 19.8 Å². The molecule has 0 saturated heterocycles. The second-order valence-corrected chi connectivity index (χ2v) is 2.66. The van der Waals surface area contributed by atoms with E-state index in [0.29, 0.717) is 5.56 Å². The minimum atomic E-state index is -1.40. The van der Waals surface area contributed by atoms with Crippen LogP contribution in [-0.2, 0) is 0 Å². The minimum Gasteiger partial charge on any atom is -0.545 e. The van der Waals surface area contributed by atoms with Crippen molar-refractivity contribution in [1.82, 2.24) is 0 Å². The summed E-state index contributed by atoms with van der Waals surface area (Å²) in [6.45, 7) is 1.60. The molecular formula is C9H6Na2O4. The Balaban J connectivity index is 0. The quantitative estimate of drug-likeness (QED) is 0.467. The largest absolute Gasteiger partial charge is 1.00 e. The van der Waals surface area contributed by atoms with Crippen LogP contribution in [0.15, 0.2) is 18.2 Å². The van der Waals surface area contributed by atoms with Crippen LogP contribution in [-0.4, -0.2) is 11.9 Å². The van der Waals surface area contributed by atoms with E-state index in [1.165, 1.54) is 12.1 Å². The first-order chi connectivity index (χ1) is 6.00. The standard InChI is InChI=1S/C9H8O4.2Na/c1-5-2-6(8(10)11)4-7(3-5)9(12)13;;/h2-4H,1H3,(H,10,11)(H,12,13);;/q;2*+1/p-2. The summed E-state index contributed by atoms with van der Waals surface area (Å²) in [6, 6.07) is 3.68. The third-order valence-corrected chi connectivity index (χ3v) is 1.55. The molecule has 0 fully saturated rings. The van der Waals surface area contributed by atoms with Crippen molar-refractivity contribution < 1.29 is 78.9 Å². The summed E-state index contributed by atoms with van der Waals surface area (Å²) in [5.74, 6) is -2.79. The van der Waals surface area contributed by atoms with Crippen LogP contribution in [0.25, 0.3) is 0 Å². The number of carbonyl (C=O) groups is 2. The number of carbonyl (C=O) groups excluding carboxylic acids is 2. The van der Waals surface area contributed by atoms with Gasteiger partial charge in [-0.15, -0.1) is 0 Å². The summed E-state index contributed by atoms with van der Waals surface area (Å²) in [4.78, 5) is 20.8. The van der Waals surface area contributed by atoms with E-state index in [1.807, 2.05) is 0 Å². The van der Waals surface area contributed by atoms with Crippen molar-refractivity contribution >= 4 is 11.9 Å². The van der Waals surface area contributed by atoms with Gasteiger partial charge in [-0.2, -0.15) is 0 Å². The van der Waals surface area contributed by atoms with Crippen LogP contribution in [0.2, 0.25) is 0 Å². The molecule has 6 heteroatoms. The molecule has 0 aromatic heterocycles. The van der Waals surface area contributed by atoms with Crippen LogP contribution in [0.4, 0.5) is 0 Å². The van der Waals surface area contributed by atoms with Crippen molar-refractivity contribution in [2.45, 2.75) is 6.92 Å². The van der Waals surface area contributed by atoms with Crippen molar-refractivity contribution in [2.75, 3.05) is 0 Å². The van der Waals surface area contributed by atoms with Crippen LogP contribution >= 0.6 is 0 Å². The maximum absolute atomic E-state index is 10.4. The van der Waals surface area contributed by atoms with Crippen molar-refractivity contribution in [3.05, 3.63) is 34.9 Å². The van der Waals surface area contributed by atoms with Gasteiger partial charge in [0.15, 0.2) is 0 Å². The van der Waals surface area contributed by atoms with Crippen LogP contribution in [0.5, 0.6) is 0 Å². The first-order valence-electron chi connectivity index (χ1n) is 3.55. The monoisotopic (exact) mass is 224 g/mol. The summed E-state index contributed by atoms with van der Waals surface area (Å²) < 4.78 is 0. The molecule has 15 heavy (non-hydrogen) atoms. The first-order valence-corrected chi connectivity index (χ1v) is 3.55. The number of aromatic carboxylic acids is 2. The molecule has 0 atom stereocenters. The second kappa shape index (κ2) is 7.44. The van der Waals surface area contributed by atoms with Gasteiger partial charge in [-0.3, -0.25) is 0 Å². The summed E-state index contributed by atoms with van der Waals surface area (Å²) in [6.07, 6.45) is 0. The first kappa shape index (κ1) is 17.6. The Morgan fingerprint density at radius 2 is 1.27 bits per heavy atom. The number of hydrogen-bond donors (Lipinski definition) is 0. The zero-order chi connectivity index (χ0) is 10.0. The van der Waals surface area contributed by atoms with Crippen LogP contribution in [0.3, 0.4) is 0 Å². The number of carboxylic acid groups (broad SMARTS) is 2. The average Bonchev–Trinajstić information content (AvgIpc) is 2.03. The summed E-state index contributed by atoms with van der Waals surface area (Å²) in [5, 5.41) is 20.8. The molecule has 0 N–H and O–H groups in total. The van der Waals surface area contributed by atoms with Crippen molar-refractivity contribution in [3.8, 4) is 0 Å². The molecule has 1 aromatic rings. The van der Waals surface area contributed by atoms with Crippen LogP contribution in [0, 0.1) is 6.92 Å². The van der Waals surface area contributed by atoms with Crippen molar-refractivity contribution in [3.63, 3.8) is 0 Å².